The number of nitrogens with one attached hydrogen (secondary N) is 1. The molecule has 0 radical (unpaired) electrons. The molecule has 0 aliphatic heterocycles. The fourth-order valence-corrected chi connectivity index (χ4v) is 1.95. The topological polar surface area (TPSA) is 62.4 Å². The zero-order valence-electron chi connectivity index (χ0n) is 11.0. The van der Waals surface area contributed by atoms with Crippen LogP contribution in [0.3, 0.4) is 0 Å². The summed E-state index contributed by atoms with van der Waals surface area (Å²) < 4.78 is 4.65. The third-order valence-corrected chi connectivity index (χ3v) is 3.01. The molecule has 5 nitrogen and oxygen atoms in total. The van der Waals surface area contributed by atoms with Crippen LogP contribution >= 0.6 is 0 Å². The first-order valence-electron chi connectivity index (χ1n) is 6.09. The first-order valence-corrected chi connectivity index (χ1v) is 6.09. The van der Waals surface area contributed by atoms with Crippen molar-refractivity contribution in [1.82, 2.24) is 4.98 Å². The van der Waals surface area contributed by atoms with Gasteiger partial charge in [0.15, 0.2) is 0 Å². The lowest BCUT2D eigenvalue weighted by Crippen LogP contribution is -2.32. The molecule has 0 unspecified atom stereocenters. The summed E-state index contributed by atoms with van der Waals surface area (Å²) in [5.41, 5.74) is -0.156. The van der Waals surface area contributed by atoms with E-state index in [9.17, 15) is 9.59 Å². The molecule has 2 aromatic rings. The van der Waals surface area contributed by atoms with Crippen LogP contribution in [0.15, 0.2) is 35.1 Å². The van der Waals surface area contributed by atoms with Gasteiger partial charge in [0.1, 0.15) is 12.4 Å². The molecule has 0 spiro atoms. The van der Waals surface area contributed by atoms with Gasteiger partial charge in [0.05, 0.1) is 7.11 Å². The average molecular weight is 260 g/mol. The van der Waals surface area contributed by atoms with Gasteiger partial charge < -0.3 is 14.6 Å². The van der Waals surface area contributed by atoms with Crippen molar-refractivity contribution in [1.29, 1.82) is 0 Å². The highest BCUT2D eigenvalue weighted by Crippen LogP contribution is 2.16. The van der Waals surface area contributed by atoms with Crippen LogP contribution in [-0.4, -0.2) is 31.2 Å². The Kier molecular flexibility index (Phi) is 3.85. The third kappa shape index (κ3) is 2.76. The fraction of sp³-hybridized carbons (Fsp3) is 0.286. The Morgan fingerprint density at radius 3 is 2.79 bits per heavy atom. The average Bonchev–Trinajstić information content (AvgIpc) is 2.44. The summed E-state index contributed by atoms with van der Waals surface area (Å²) in [6.45, 7) is 2.63. The molecule has 2 rings (SSSR count). The number of aromatic amines is 1. The molecule has 1 aromatic heterocycles. The molecule has 5 heteroatoms. The van der Waals surface area contributed by atoms with Crippen molar-refractivity contribution in [2.75, 3.05) is 25.1 Å². The Hall–Kier alpha value is -2.30. The number of H-pyrrole nitrogens is 1. The van der Waals surface area contributed by atoms with Crippen molar-refractivity contribution < 1.29 is 9.53 Å². The monoisotopic (exact) mass is 260 g/mol. The number of aromatic nitrogens is 1. The highest BCUT2D eigenvalue weighted by Gasteiger charge is 2.12. The van der Waals surface area contributed by atoms with Gasteiger partial charge >= 0.3 is 5.97 Å². The number of hydrogen-bond acceptors (Lipinski definition) is 4. The van der Waals surface area contributed by atoms with Crippen LogP contribution in [0.2, 0.25) is 0 Å². The van der Waals surface area contributed by atoms with Gasteiger partial charge in [-0.25, -0.2) is 0 Å². The zero-order chi connectivity index (χ0) is 13.8. The maximum Gasteiger partial charge on any atom is 0.325 e. The molecular formula is C14H16N2O3. The van der Waals surface area contributed by atoms with E-state index in [1.165, 1.54) is 7.11 Å². The molecule has 19 heavy (non-hydrogen) atoms. The van der Waals surface area contributed by atoms with E-state index in [0.29, 0.717) is 17.7 Å². The minimum absolute atomic E-state index is 0.112. The summed E-state index contributed by atoms with van der Waals surface area (Å²) in [6.07, 6.45) is 0. The molecule has 1 heterocycles. The third-order valence-electron chi connectivity index (χ3n) is 3.01. The minimum atomic E-state index is -0.337. The molecule has 0 aliphatic carbocycles. The number of benzene rings is 1. The standard InChI is InChI=1S/C14H16N2O3/c1-3-16(9-13(17)19-2)12-8-10-6-4-5-7-11(10)14(18)15-12/h4-8H,3,9H2,1-2H3,(H,15,18). The molecule has 0 amide bonds. The van der Waals surface area contributed by atoms with Gasteiger partial charge in [-0.15, -0.1) is 0 Å². The number of ether oxygens (including phenoxy) is 1. The lowest BCUT2D eigenvalue weighted by atomic mass is 10.2. The molecule has 100 valence electrons. The predicted molar refractivity (Wildman–Crippen MR) is 74.5 cm³/mol. The van der Waals surface area contributed by atoms with E-state index in [0.717, 1.165) is 5.39 Å². The van der Waals surface area contributed by atoms with Crippen molar-refractivity contribution in [2.24, 2.45) is 0 Å². The molecule has 0 fully saturated rings. The highest BCUT2D eigenvalue weighted by atomic mass is 16.5. The second-order valence-electron chi connectivity index (χ2n) is 4.16. The number of carbonyl (C=O) groups excluding carboxylic acids is 1. The van der Waals surface area contributed by atoms with Gasteiger partial charge in [0, 0.05) is 11.9 Å². The zero-order valence-corrected chi connectivity index (χ0v) is 11.0. The van der Waals surface area contributed by atoms with Crippen molar-refractivity contribution in [3.63, 3.8) is 0 Å². The Bertz CT molecular complexity index is 648. The predicted octanol–water partition coefficient (Wildman–Crippen LogP) is 1.53. The fourth-order valence-electron chi connectivity index (χ4n) is 1.95. The molecular weight excluding hydrogens is 244 g/mol. The molecule has 0 bridgehead atoms. The van der Waals surface area contributed by atoms with Gasteiger partial charge in [-0.2, -0.15) is 0 Å². The summed E-state index contributed by atoms with van der Waals surface area (Å²) in [5, 5.41) is 1.49. The van der Waals surface area contributed by atoms with Crippen molar-refractivity contribution in [2.45, 2.75) is 6.92 Å². The lowest BCUT2D eigenvalue weighted by Gasteiger charge is -2.21. The van der Waals surface area contributed by atoms with Crippen LogP contribution < -0.4 is 10.5 Å². The van der Waals surface area contributed by atoms with E-state index in [2.05, 4.69) is 9.72 Å². The number of carbonyl (C=O) groups is 1. The molecule has 0 saturated carbocycles. The van der Waals surface area contributed by atoms with E-state index in [-0.39, 0.29) is 18.1 Å². The van der Waals surface area contributed by atoms with E-state index in [4.69, 9.17) is 0 Å². The van der Waals surface area contributed by atoms with E-state index >= 15 is 0 Å². The number of anilines is 1. The summed E-state index contributed by atoms with van der Waals surface area (Å²) in [6, 6.07) is 9.21. The van der Waals surface area contributed by atoms with Crippen LogP contribution in [-0.2, 0) is 9.53 Å². The second-order valence-corrected chi connectivity index (χ2v) is 4.16. The first kappa shape index (κ1) is 13.1. The Labute approximate surface area is 110 Å². The lowest BCUT2D eigenvalue weighted by molar-refractivity contribution is -0.138. The molecule has 0 saturated heterocycles. The normalized spacial score (nSPS) is 10.4. The summed E-state index contributed by atoms with van der Waals surface area (Å²) >= 11 is 0. The van der Waals surface area contributed by atoms with Crippen molar-refractivity contribution in [3.8, 4) is 0 Å². The van der Waals surface area contributed by atoms with Crippen LogP contribution in [0.5, 0.6) is 0 Å². The number of likely N-dealkylation sites (N-methyl/N-ethyl adjacent to an activating group) is 1. The van der Waals surface area contributed by atoms with E-state index < -0.39 is 0 Å². The Morgan fingerprint density at radius 1 is 1.37 bits per heavy atom. The number of nitrogens with zero attached hydrogens (tertiary/aromatic N) is 1. The quantitative estimate of drug-likeness (QED) is 0.847. The number of hydrogen-bond donors (Lipinski definition) is 1. The van der Waals surface area contributed by atoms with Gasteiger partial charge in [-0.1, -0.05) is 18.2 Å². The second kappa shape index (κ2) is 5.56. The number of fused-ring (bicyclic) bond motifs is 1. The number of methoxy groups -OCH3 is 1. The van der Waals surface area contributed by atoms with Crippen LogP contribution in [0.25, 0.3) is 10.8 Å². The van der Waals surface area contributed by atoms with E-state index in [1.807, 2.05) is 31.2 Å². The largest absolute Gasteiger partial charge is 0.468 e. The molecule has 0 atom stereocenters. The number of esters is 1. The van der Waals surface area contributed by atoms with Gasteiger partial charge in [0.25, 0.3) is 5.56 Å². The summed E-state index contributed by atoms with van der Waals surface area (Å²) in [7, 11) is 1.35. The van der Waals surface area contributed by atoms with Gasteiger partial charge in [-0.05, 0) is 24.4 Å². The van der Waals surface area contributed by atoms with Gasteiger partial charge in [-0.3, -0.25) is 9.59 Å². The highest BCUT2D eigenvalue weighted by molar-refractivity contribution is 5.84. The maximum absolute atomic E-state index is 12.0. The maximum atomic E-state index is 12.0. The van der Waals surface area contributed by atoms with Crippen LogP contribution in [0, 0.1) is 0 Å². The number of rotatable bonds is 4. The van der Waals surface area contributed by atoms with Crippen LogP contribution in [0.4, 0.5) is 5.82 Å². The van der Waals surface area contributed by atoms with Crippen LogP contribution in [0.1, 0.15) is 6.92 Å². The Balaban J connectivity index is 2.43. The smallest absolute Gasteiger partial charge is 0.325 e. The summed E-state index contributed by atoms with van der Waals surface area (Å²) in [4.78, 5) is 27.9. The molecule has 1 aromatic carbocycles. The minimum Gasteiger partial charge on any atom is -0.468 e. The van der Waals surface area contributed by atoms with Crippen molar-refractivity contribution >= 4 is 22.6 Å². The van der Waals surface area contributed by atoms with Gasteiger partial charge in [0.2, 0.25) is 0 Å². The number of pyridine rings is 1. The summed E-state index contributed by atoms with van der Waals surface area (Å²) in [5.74, 6) is 0.285. The SMILES string of the molecule is CCN(CC(=O)OC)c1cc2ccccc2c(=O)[nH]1. The first-order chi connectivity index (χ1) is 9.15. The van der Waals surface area contributed by atoms with E-state index in [1.54, 1.807) is 11.0 Å². The Morgan fingerprint density at radius 2 is 2.11 bits per heavy atom. The molecule has 1 N–H and O–H groups in total. The molecule has 0 aliphatic rings. The van der Waals surface area contributed by atoms with Crippen molar-refractivity contribution in [3.05, 3.63) is 40.7 Å².